The number of rotatable bonds is 7. The van der Waals surface area contributed by atoms with Crippen LogP contribution in [0.5, 0.6) is 5.75 Å². The molecule has 140 valence electrons. The average molecular weight is 449 g/mol. The molecule has 0 radical (unpaired) electrons. The number of benzene rings is 2. The Labute approximate surface area is 166 Å². The Morgan fingerprint density at radius 1 is 1.07 bits per heavy atom. The minimum Gasteiger partial charge on any atom is -0.497 e. The topological polar surface area (TPSA) is 80.9 Å². The van der Waals surface area contributed by atoms with E-state index in [1.165, 1.54) is 12.1 Å². The number of halogens is 1. The van der Waals surface area contributed by atoms with E-state index in [0.29, 0.717) is 11.5 Å². The number of hydrogen-bond donors (Lipinski definition) is 1. The van der Waals surface area contributed by atoms with Gasteiger partial charge in [-0.3, -0.25) is 4.99 Å². The van der Waals surface area contributed by atoms with Gasteiger partial charge in [0.25, 0.3) is 0 Å². The molecule has 0 aliphatic heterocycles. The van der Waals surface area contributed by atoms with Crippen molar-refractivity contribution >= 4 is 37.9 Å². The van der Waals surface area contributed by atoms with Gasteiger partial charge in [0.1, 0.15) is 17.3 Å². The van der Waals surface area contributed by atoms with Crippen molar-refractivity contribution in [3.63, 3.8) is 0 Å². The van der Waals surface area contributed by atoms with E-state index in [1.807, 2.05) is 24.3 Å². The lowest BCUT2D eigenvalue weighted by Crippen LogP contribution is -2.22. The van der Waals surface area contributed by atoms with E-state index in [0.717, 1.165) is 15.9 Å². The van der Waals surface area contributed by atoms with Gasteiger partial charge in [-0.15, -0.1) is 0 Å². The summed E-state index contributed by atoms with van der Waals surface area (Å²) in [7, 11) is -2.00. The minimum atomic E-state index is -3.60. The van der Waals surface area contributed by atoms with Crippen LogP contribution in [0.3, 0.4) is 0 Å². The quantitative estimate of drug-likeness (QED) is 0.546. The van der Waals surface area contributed by atoms with Gasteiger partial charge in [-0.05, 0) is 60.7 Å². The number of nitrogens with zero attached hydrogens (tertiary/aromatic N) is 1. The fraction of sp³-hybridized carbons (Fsp3) is 0.105. The van der Waals surface area contributed by atoms with Gasteiger partial charge in [-0.25, -0.2) is 13.1 Å². The molecule has 0 saturated carbocycles. The molecule has 0 atom stereocenters. The summed E-state index contributed by atoms with van der Waals surface area (Å²) in [5.74, 6) is 1.78. The molecule has 0 unspecified atom stereocenters. The predicted octanol–water partition coefficient (Wildman–Crippen LogP) is 4.28. The number of nitrogens with one attached hydrogen (secondary N) is 1. The van der Waals surface area contributed by atoms with Crippen LogP contribution in [-0.2, 0) is 16.6 Å². The molecule has 0 spiro atoms. The smallest absolute Gasteiger partial charge is 0.240 e. The maximum atomic E-state index is 12.3. The van der Waals surface area contributed by atoms with Crippen LogP contribution < -0.4 is 9.46 Å². The number of hydrogen-bond acceptors (Lipinski definition) is 5. The Bertz CT molecular complexity index is 1030. The van der Waals surface area contributed by atoms with Crippen molar-refractivity contribution in [3.05, 3.63) is 76.7 Å². The normalized spacial score (nSPS) is 11.8. The summed E-state index contributed by atoms with van der Waals surface area (Å²) in [4.78, 5) is 4.51. The van der Waals surface area contributed by atoms with E-state index in [2.05, 4.69) is 25.6 Å². The monoisotopic (exact) mass is 448 g/mol. The summed E-state index contributed by atoms with van der Waals surface area (Å²) in [5, 5.41) is 0. The second kappa shape index (κ2) is 8.51. The van der Waals surface area contributed by atoms with Gasteiger partial charge in [0.2, 0.25) is 10.0 Å². The lowest BCUT2D eigenvalue weighted by molar-refractivity contribution is 0.415. The standard InChI is InChI=1S/C19H17BrN2O4S/c1-25-16-6-4-15(5-7-16)21-12-17-8-9-18(26-17)13-22-27(23,24)19-10-2-14(20)3-11-19/h2-12,22H,13H2,1H3. The fourth-order valence-electron chi connectivity index (χ4n) is 2.23. The van der Waals surface area contributed by atoms with Crippen molar-refractivity contribution in [2.75, 3.05) is 7.11 Å². The van der Waals surface area contributed by atoms with Gasteiger partial charge in [0, 0.05) is 4.47 Å². The largest absolute Gasteiger partial charge is 0.497 e. The molecule has 6 nitrogen and oxygen atoms in total. The minimum absolute atomic E-state index is 0.0504. The first kappa shape index (κ1) is 19.3. The SMILES string of the molecule is COc1ccc(N=Cc2ccc(CNS(=O)(=O)c3ccc(Br)cc3)o2)cc1. The summed E-state index contributed by atoms with van der Waals surface area (Å²) < 4.78 is 38.6. The van der Waals surface area contributed by atoms with Gasteiger partial charge in [-0.2, -0.15) is 0 Å². The van der Waals surface area contributed by atoms with Gasteiger partial charge in [-0.1, -0.05) is 15.9 Å². The Hall–Kier alpha value is -2.42. The molecule has 2 aromatic carbocycles. The molecule has 0 aliphatic carbocycles. The lowest BCUT2D eigenvalue weighted by atomic mass is 10.3. The van der Waals surface area contributed by atoms with Gasteiger partial charge >= 0.3 is 0 Å². The zero-order chi connectivity index (χ0) is 19.3. The zero-order valence-electron chi connectivity index (χ0n) is 14.4. The van der Waals surface area contributed by atoms with Crippen molar-refractivity contribution in [2.24, 2.45) is 4.99 Å². The van der Waals surface area contributed by atoms with Crippen LogP contribution in [0.25, 0.3) is 0 Å². The van der Waals surface area contributed by atoms with Crippen molar-refractivity contribution in [2.45, 2.75) is 11.4 Å². The Kier molecular flexibility index (Phi) is 6.10. The lowest BCUT2D eigenvalue weighted by Gasteiger charge is -2.05. The van der Waals surface area contributed by atoms with E-state index >= 15 is 0 Å². The molecule has 0 aliphatic rings. The second-order valence-electron chi connectivity index (χ2n) is 5.54. The van der Waals surface area contributed by atoms with Crippen molar-refractivity contribution < 1.29 is 17.6 Å². The highest BCUT2D eigenvalue weighted by Crippen LogP contribution is 2.18. The summed E-state index contributed by atoms with van der Waals surface area (Å²) in [6.07, 6.45) is 1.58. The molecule has 1 heterocycles. The Morgan fingerprint density at radius 3 is 2.44 bits per heavy atom. The summed E-state index contributed by atoms with van der Waals surface area (Å²) >= 11 is 3.28. The highest BCUT2D eigenvalue weighted by atomic mass is 79.9. The molecule has 3 aromatic rings. The maximum Gasteiger partial charge on any atom is 0.240 e. The average Bonchev–Trinajstić information content (AvgIpc) is 3.14. The number of furan rings is 1. The third kappa shape index (κ3) is 5.29. The molecule has 0 saturated heterocycles. The van der Waals surface area contributed by atoms with E-state index < -0.39 is 10.0 Å². The highest BCUT2D eigenvalue weighted by Gasteiger charge is 2.14. The van der Waals surface area contributed by atoms with Crippen LogP contribution in [-0.4, -0.2) is 21.7 Å². The summed E-state index contributed by atoms with van der Waals surface area (Å²) in [5.41, 5.74) is 0.754. The molecule has 8 heteroatoms. The highest BCUT2D eigenvalue weighted by molar-refractivity contribution is 9.10. The van der Waals surface area contributed by atoms with Crippen molar-refractivity contribution in [1.82, 2.24) is 4.72 Å². The van der Waals surface area contributed by atoms with Gasteiger partial charge in [0.05, 0.1) is 30.5 Å². The molecule has 27 heavy (non-hydrogen) atoms. The van der Waals surface area contributed by atoms with Crippen LogP contribution in [0.1, 0.15) is 11.5 Å². The number of aliphatic imine (C=N–C) groups is 1. The van der Waals surface area contributed by atoms with Crippen LogP contribution in [0, 0.1) is 0 Å². The first-order valence-electron chi connectivity index (χ1n) is 7.98. The molecular formula is C19H17BrN2O4S. The summed E-state index contributed by atoms with van der Waals surface area (Å²) in [6, 6.07) is 17.1. The molecular weight excluding hydrogens is 432 g/mol. The molecule has 3 rings (SSSR count). The number of ether oxygens (including phenoxy) is 1. The molecule has 1 aromatic heterocycles. The third-order valence-corrected chi connectivity index (χ3v) is 5.60. The number of sulfonamides is 1. The van der Waals surface area contributed by atoms with Gasteiger partial charge in [0.15, 0.2) is 0 Å². The second-order valence-corrected chi connectivity index (χ2v) is 8.22. The first-order chi connectivity index (χ1) is 13.0. The van der Waals surface area contributed by atoms with Crippen LogP contribution in [0.4, 0.5) is 5.69 Å². The molecule has 0 bridgehead atoms. The van der Waals surface area contributed by atoms with Crippen LogP contribution >= 0.6 is 15.9 Å². The molecule has 1 N–H and O–H groups in total. The van der Waals surface area contributed by atoms with Crippen molar-refractivity contribution in [3.8, 4) is 5.75 Å². The van der Waals surface area contributed by atoms with Gasteiger partial charge < -0.3 is 9.15 Å². The molecule has 0 amide bonds. The first-order valence-corrected chi connectivity index (χ1v) is 10.3. The summed E-state index contributed by atoms with van der Waals surface area (Å²) in [6.45, 7) is 0.0504. The van der Waals surface area contributed by atoms with Crippen LogP contribution in [0.2, 0.25) is 0 Å². The van der Waals surface area contributed by atoms with E-state index in [-0.39, 0.29) is 11.4 Å². The van der Waals surface area contributed by atoms with Crippen molar-refractivity contribution in [1.29, 1.82) is 0 Å². The third-order valence-electron chi connectivity index (χ3n) is 3.66. The Morgan fingerprint density at radius 2 is 1.78 bits per heavy atom. The zero-order valence-corrected chi connectivity index (χ0v) is 16.8. The van der Waals surface area contributed by atoms with E-state index in [9.17, 15) is 8.42 Å². The fourth-order valence-corrected chi connectivity index (χ4v) is 3.49. The Balaban J connectivity index is 1.62. The van der Waals surface area contributed by atoms with E-state index in [4.69, 9.17) is 9.15 Å². The predicted molar refractivity (Wildman–Crippen MR) is 107 cm³/mol. The molecule has 0 fully saturated rings. The maximum absolute atomic E-state index is 12.3. The number of methoxy groups -OCH3 is 1. The van der Waals surface area contributed by atoms with E-state index in [1.54, 1.807) is 37.6 Å². The van der Waals surface area contributed by atoms with Crippen LogP contribution in [0.15, 0.2) is 79.4 Å².